The van der Waals surface area contributed by atoms with Gasteiger partial charge in [-0.25, -0.2) is 0 Å². The highest BCUT2D eigenvalue weighted by atomic mass is 19.4. The Balaban J connectivity index is 2.65. The number of hydrogen-bond donors (Lipinski definition) is 0. The van der Waals surface area contributed by atoms with Crippen LogP contribution in [0.3, 0.4) is 0 Å². The van der Waals surface area contributed by atoms with E-state index < -0.39 is 6.36 Å². The van der Waals surface area contributed by atoms with E-state index in [0.29, 0.717) is 11.8 Å². The van der Waals surface area contributed by atoms with Gasteiger partial charge in [0.2, 0.25) is 0 Å². The van der Waals surface area contributed by atoms with Gasteiger partial charge >= 0.3 is 6.36 Å². The molecule has 1 aromatic rings. The molecule has 90 valence electrons. The third-order valence-corrected chi connectivity index (χ3v) is 1.70. The Hall–Kier alpha value is -2.04. The number of alkyl halides is 3. The topological polar surface area (TPSA) is 26.3 Å². The Morgan fingerprint density at radius 3 is 2.18 bits per heavy atom. The van der Waals surface area contributed by atoms with E-state index in [9.17, 15) is 18.0 Å². The fourth-order valence-corrected chi connectivity index (χ4v) is 1.06. The Morgan fingerprint density at radius 2 is 1.65 bits per heavy atom. The van der Waals surface area contributed by atoms with Gasteiger partial charge < -0.3 is 4.74 Å². The molecule has 0 aliphatic heterocycles. The van der Waals surface area contributed by atoms with Gasteiger partial charge in [0.05, 0.1) is 0 Å². The average molecular weight is 242 g/mol. The van der Waals surface area contributed by atoms with Crippen LogP contribution in [0.15, 0.2) is 42.5 Å². The molecule has 0 saturated heterocycles. The number of carbonyl (C=O) groups is 1. The van der Waals surface area contributed by atoms with E-state index in [1.54, 1.807) is 12.2 Å². The minimum Gasteiger partial charge on any atom is -0.406 e. The van der Waals surface area contributed by atoms with Gasteiger partial charge in [-0.05, 0) is 23.8 Å². The Morgan fingerprint density at radius 1 is 1.00 bits per heavy atom. The molecular weight excluding hydrogens is 233 g/mol. The maximum absolute atomic E-state index is 11.9. The SMILES string of the molecule is O=C/C=C/C=C/c1ccc(OC(F)(F)F)cc1. The molecule has 0 radical (unpaired) electrons. The molecule has 1 rings (SSSR count). The molecule has 0 amide bonds. The normalized spacial score (nSPS) is 12.2. The third kappa shape index (κ3) is 5.55. The van der Waals surface area contributed by atoms with Gasteiger partial charge in [-0.15, -0.1) is 13.2 Å². The second-order valence-electron chi connectivity index (χ2n) is 3.00. The van der Waals surface area contributed by atoms with E-state index in [-0.39, 0.29) is 5.75 Å². The first kappa shape index (κ1) is 13.0. The number of aldehydes is 1. The molecule has 0 spiro atoms. The number of ether oxygens (including phenoxy) is 1. The summed E-state index contributed by atoms with van der Waals surface area (Å²) in [5.74, 6) is -0.266. The average Bonchev–Trinajstić information content (AvgIpc) is 2.25. The molecule has 0 heterocycles. The number of rotatable bonds is 4. The maximum atomic E-state index is 11.9. The van der Waals surface area contributed by atoms with Crippen molar-refractivity contribution in [1.82, 2.24) is 0 Å². The first-order valence-electron chi connectivity index (χ1n) is 4.65. The van der Waals surface area contributed by atoms with Gasteiger partial charge in [0, 0.05) is 0 Å². The molecule has 2 nitrogen and oxygen atoms in total. The van der Waals surface area contributed by atoms with Gasteiger partial charge in [0.15, 0.2) is 0 Å². The Labute approximate surface area is 96.0 Å². The zero-order valence-corrected chi connectivity index (χ0v) is 8.65. The first-order valence-corrected chi connectivity index (χ1v) is 4.65. The lowest BCUT2D eigenvalue weighted by atomic mass is 10.2. The molecule has 0 aliphatic rings. The van der Waals surface area contributed by atoms with Crippen molar-refractivity contribution in [2.75, 3.05) is 0 Å². The molecule has 0 bridgehead atoms. The molecule has 1 aromatic carbocycles. The lowest BCUT2D eigenvalue weighted by molar-refractivity contribution is -0.274. The largest absolute Gasteiger partial charge is 0.573 e. The van der Waals surface area contributed by atoms with Gasteiger partial charge in [0.1, 0.15) is 12.0 Å². The van der Waals surface area contributed by atoms with Crippen molar-refractivity contribution >= 4 is 12.4 Å². The second-order valence-corrected chi connectivity index (χ2v) is 3.00. The van der Waals surface area contributed by atoms with E-state index in [2.05, 4.69) is 4.74 Å². The van der Waals surface area contributed by atoms with E-state index >= 15 is 0 Å². The summed E-state index contributed by atoms with van der Waals surface area (Å²) >= 11 is 0. The van der Waals surface area contributed by atoms with Crippen LogP contribution in [0, 0.1) is 0 Å². The van der Waals surface area contributed by atoms with Gasteiger partial charge in [0.25, 0.3) is 0 Å². The molecular formula is C12H9F3O2. The molecule has 0 fully saturated rings. The fraction of sp³-hybridized carbons (Fsp3) is 0.0833. The quantitative estimate of drug-likeness (QED) is 0.459. The maximum Gasteiger partial charge on any atom is 0.573 e. The Kier molecular flexibility index (Phi) is 4.51. The van der Waals surface area contributed by atoms with Gasteiger partial charge in [-0.1, -0.05) is 30.4 Å². The highest BCUT2D eigenvalue weighted by Gasteiger charge is 2.30. The summed E-state index contributed by atoms with van der Waals surface area (Å²) in [5, 5.41) is 0. The molecule has 0 N–H and O–H groups in total. The molecule has 5 heteroatoms. The lowest BCUT2D eigenvalue weighted by Gasteiger charge is -2.08. The molecule has 0 unspecified atom stereocenters. The van der Waals surface area contributed by atoms with Gasteiger partial charge in [-0.2, -0.15) is 0 Å². The fourth-order valence-electron chi connectivity index (χ4n) is 1.06. The number of benzene rings is 1. The molecule has 0 aromatic heterocycles. The monoisotopic (exact) mass is 242 g/mol. The zero-order chi connectivity index (χ0) is 12.7. The summed E-state index contributed by atoms with van der Waals surface area (Å²) in [6, 6.07) is 5.39. The lowest BCUT2D eigenvalue weighted by Crippen LogP contribution is -2.16. The summed E-state index contributed by atoms with van der Waals surface area (Å²) in [4.78, 5) is 9.95. The van der Waals surface area contributed by atoms with Crippen LogP contribution >= 0.6 is 0 Å². The van der Waals surface area contributed by atoms with Crippen LogP contribution < -0.4 is 4.74 Å². The highest BCUT2D eigenvalue weighted by molar-refractivity contribution is 5.66. The van der Waals surface area contributed by atoms with Crippen LogP contribution in [0.2, 0.25) is 0 Å². The number of carbonyl (C=O) groups excluding carboxylic acids is 1. The van der Waals surface area contributed by atoms with Crippen molar-refractivity contribution < 1.29 is 22.7 Å². The number of hydrogen-bond acceptors (Lipinski definition) is 2. The predicted molar refractivity (Wildman–Crippen MR) is 57.4 cm³/mol. The summed E-state index contributed by atoms with van der Waals surface area (Å²) in [5.41, 5.74) is 0.704. The van der Waals surface area contributed by atoms with Crippen LogP contribution in [-0.2, 0) is 4.79 Å². The smallest absolute Gasteiger partial charge is 0.406 e. The zero-order valence-electron chi connectivity index (χ0n) is 8.65. The van der Waals surface area contributed by atoms with Crippen molar-refractivity contribution in [1.29, 1.82) is 0 Å². The van der Waals surface area contributed by atoms with Crippen molar-refractivity contribution in [3.63, 3.8) is 0 Å². The van der Waals surface area contributed by atoms with E-state index in [4.69, 9.17) is 0 Å². The molecule has 0 atom stereocenters. The molecule has 0 aliphatic carbocycles. The van der Waals surface area contributed by atoms with Crippen molar-refractivity contribution in [2.24, 2.45) is 0 Å². The molecule has 0 saturated carbocycles. The minimum atomic E-state index is -4.68. The number of halogens is 3. The highest BCUT2D eigenvalue weighted by Crippen LogP contribution is 2.22. The standard InChI is InChI=1S/C12H9F3O2/c13-12(14,15)17-11-7-5-10(6-8-11)4-2-1-3-9-16/h1-9H/b3-1+,4-2+. The van der Waals surface area contributed by atoms with Crippen molar-refractivity contribution in [2.45, 2.75) is 6.36 Å². The van der Waals surface area contributed by atoms with E-state index in [0.717, 1.165) is 0 Å². The van der Waals surface area contributed by atoms with Crippen LogP contribution in [0.25, 0.3) is 6.08 Å². The summed E-state index contributed by atoms with van der Waals surface area (Å²) in [7, 11) is 0. The summed E-state index contributed by atoms with van der Waals surface area (Å²) in [6.45, 7) is 0. The summed E-state index contributed by atoms with van der Waals surface area (Å²) in [6.07, 6.45) is 2.03. The predicted octanol–water partition coefficient (Wildman–Crippen LogP) is 3.35. The van der Waals surface area contributed by atoms with Crippen molar-refractivity contribution in [3.8, 4) is 5.75 Å². The van der Waals surface area contributed by atoms with Crippen LogP contribution in [0.5, 0.6) is 5.75 Å². The Bertz CT molecular complexity index is 416. The van der Waals surface area contributed by atoms with Crippen molar-refractivity contribution in [3.05, 3.63) is 48.1 Å². The van der Waals surface area contributed by atoms with Gasteiger partial charge in [-0.3, -0.25) is 4.79 Å². The van der Waals surface area contributed by atoms with Crippen LogP contribution in [-0.4, -0.2) is 12.6 Å². The third-order valence-electron chi connectivity index (χ3n) is 1.70. The second kappa shape index (κ2) is 5.89. The van der Waals surface area contributed by atoms with Crippen LogP contribution in [0.1, 0.15) is 5.56 Å². The minimum absolute atomic E-state index is 0.266. The molecule has 17 heavy (non-hydrogen) atoms. The van der Waals surface area contributed by atoms with Crippen LogP contribution in [0.4, 0.5) is 13.2 Å². The number of allylic oxidation sites excluding steroid dienone is 3. The van der Waals surface area contributed by atoms with E-state index in [1.807, 2.05) is 0 Å². The first-order chi connectivity index (χ1) is 8.01. The van der Waals surface area contributed by atoms with E-state index in [1.165, 1.54) is 36.4 Å². The summed E-state index contributed by atoms with van der Waals surface area (Å²) < 4.78 is 39.3.